The Balaban J connectivity index is 2.23. The maximum Gasteiger partial charge on any atom is 0.340 e. The number of aromatic nitrogens is 1. The lowest BCUT2D eigenvalue weighted by atomic mass is 10.1. The highest BCUT2D eigenvalue weighted by molar-refractivity contribution is 5.91. The first kappa shape index (κ1) is 16.1. The lowest BCUT2D eigenvalue weighted by Gasteiger charge is -2.14. The lowest BCUT2D eigenvalue weighted by Crippen LogP contribution is -2.12. The minimum Gasteiger partial charge on any atom is -0.454 e. The quantitative estimate of drug-likeness (QED) is 0.488. The van der Waals surface area contributed by atoms with Gasteiger partial charge in [-0.25, -0.2) is 4.79 Å². The van der Waals surface area contributed by atoms with Gasteiger partial charge >= 0.3 is 5.97 Å². The van der Waals surface area contributed by atoms with Gasteiger partial charge in [0.15, 0.2) is 0 Å². The van der Waals surface area contributed by atoms with E-state index in [-0.39, 0.29) is 11.3 Å². The number of ether oxygens (including phenoxy) is 1. The fraction of sp³-hybridized carbons (Fsp3) is 0.188. The van der Waals surface area contributed by atoms with Crippen LogP contribution in [0.3, 0.4) is 0 Å². The lowest BCUT2D eigenvalue weighted by molar-refractivity contribution is -0.385. The van der Waals surface area contributed by atoms with Gasteiger partial charge < -0.3 is 4.74 Å². The molecule has 0 aliphatic carbocycles. The van der Waals surface area contributed by atoms with Gasteiger partial charge in [0, 0.05) is 6.07 Å². The Morgan fingerprint density at radius 3 is 2.83 bits per heavy atom. The summed E-state index contributed by atoms with van der Waals surface area (Å²) in [7, 11) is 0. The van der Waals surface area contributed by atoms with Crippen LogP contribution < -0.4 is 0 Å². The molecular formula is C16H13N3O4. The van der Waals surface area contributed by atoms with E-state index in [1.54, 1.807) is 38.1 Å². The molecule has 7 nitrogen and oxygen atoms in total. The number of carbonyl (C=O) groups excluding carboxylic acids is 1. The van der Waals surface area contributed by atoms with Crippen molar-refractivity contribution in [2.45, 2.75) is 20.0 Å². The number of rotatable bonds is 4. The fourth-order valence-electron chi connectivity index (χ4n) is 1.98. The first-order valence-electron chi connectivity index (χ1n) is 6.74. The number of benzene rings is 1. The molecule has 2 rings (SSSR count). The van der Waals surface area contributed by atoms with Gasteiger partial charge in [-0.1, -0.05) is 12.1 Å². The first-order valence-corrected chi connectivity index (χ1v) is 6.74. The van der Waals surface area contributed by atoms with Crippen LogP contribution in [0.15, 0.2) is 36.5 Å². The molecule has 0 unspecified atom stereocenters. The van der Waals surface area contributed by atoms with Crippen molar-refractivity contribution in [3.8, 4) is 6.07 Å². The van der Waals surface area contributed by atoms with Crippen molar-refractivity contribution in [3.05, 3.63) is 69.0 Å². The van der Waals surface area contributed by atoms with Crippen molar-refractivity contribution in [2.75, 3.05) is 0 Å². The number of esters is 1. The normalized spacial score (nSPS) is 11.3. The van der Waals surface area contributed by atoms with Crippen LogP contribution >= 0.6 is 0 Å². The SMILES string of the molecule is Cc1ncc([N+](=O)[O-])cc1C(=O)O[C@@H](C)c1cccc(C#N)c1. The van der Waals surface area contributed by atoms with E-state index in [0.717, 1.165) is 12.3 Å². The number of aryl methyl sites for hydroxylation is 1. The van der Waals surface area contributed by atoms with Gasteiger partial charge in [-0.15, -0.1) is 0 Å². The van der Waals surface area contributed by atoms with Crippen molar-refractivity contribution in [3.63, 3.8) is 0 Å². The highest BCUT2D eigenvalue weighted by atomic mass is 16.6. The number of nitrogens with zero attached hydrogens (tertiary/aromatic N) is 3. The Morgan fingerprint density at radius 1 is 1.43 bits per heavy atom. The van der Waals surface area contributed by atoms with Gasteiger partial charge in [-0.2, -0.15) is 5.26 Å². The van der Waals surface area contributed by atoms with Gasteiger partial charge in [0.05, 0.1) is 27.8 Å². The summed E-state index contributed by atoms with van der Waals surface area (Å²) in [6.45, 7) is 3.23. The van der Waals surface area contributed by atoms with Gasteiger partial charge in [-0.3, -0.25) is 15.1 Å². The van der Waals surface area contributed by atoms with E-state index >= 15 is 0 Å². The van der Waals surface area contributed by atoms with E-state index in [1.807, 2.05) is 6.07 Å². The van der Waals surface area contributed by atoms with Crippen molar-refractivity contribution >= 4 is 11.7 Å². The first-order chi connectivity index (χ1) is 10.9. The zero-order valence-corrected chi connectivity index (χ0v) is 12.5. The monoisotopic (exact) mass is 311 g/mol. The van der Waals surface area contributed by atoms with Crippen molar-refractivity contribution in [2.24, 2.45) is 0 Å². The van der Waals surface area contributed by atoms with E-state index in [1.165, 1.54) is 0 Å². The second-order valence-electron chi connectivity index (χ2n) is 4.87. The summed E-state index contributed by atoms with van der Waals surface area (Å²) >= 11 is 0. The highest BCUT2D eigenvalue weighted by Gasteiger charge is 2.20. The summed E-state index contributed by atoms with van der Waals surface area (Å²) in [6.07, 6.45) is 0.487. The minimum atomic E-state index is -0.700. The minimum absolute atomic E-state index is 0.0440. The third-order valence-electron chi connectivity index (χ3n) is 3.27. The smallest absolute Gasteiger partial charge is 0.340 e. The molecule has 0 saturated heterocycles. The molecule has 0 radical (unpaired) electrons. The Morgan fingerprint density at radius 2 is 2.17 bits per heavy atom. The molecule has 1 atom stereocenters. The Hall–Kier alpha value is -3.27. The molecule has 1 heterocycles. The van der Waals surface area contributed by atoms with Gasteiger partial charge in [0.1, 0.15) is 12.3 Å². The Bertz CT molecular complexity index is 811. The van der Waals surface area contributed by atoms with Gasteiger partial charge in [0.2, 0.25) is 0 Å². The van der Waals surface area contributed by atoms with Crippen molar-refractivity contribution < 1.29 is 14.5 Å². The third-order valence-corrected chi connectivity index (χ3v) is 3.27. The zero-order valence-electron chi connectivity index (χ0n) is 12.5. The molecule has 1 aromatic carbocycles. The average Bonchev–Trinajstić information content (AvgIpc) is 2.54. The van der Waals surface area contributed by atoms with E-state index in [0.29, 0.717) is 16.8 Å². The molecule has 0 spiro atoms. The van der Waals surface area contributed by atoms with Crippen LogP contribution in [0.5, 0.6) is 0 Å². The van der Waals surface area contributed by atoms with Crippen LogP contribution in [0.25, 0.3) is 0 Å². The van der Waals surface area contributed by atoms with Crippen LogP contribution in [0.4, 0.5) is 5.69 Å². The third kappa shape index (κ3) is 3.68. The number of nitriles is 1. The topological polar surface area (TPSA) is 106 Å². The molecular weight excluding hydrogens is 298 g/mol. The number of pyridine rings is 1. The van der Waals surface area contributed by atoms with Crippen molar-refractivity contribution in [1.82, 2.24) is 4.98 Å². The van der Waals surface area contributed by atoms with Crippen LogP contribution in [0.1, 0.15) is 40.2 Å². The number of hydrogen-bond acceptors (Lipinski definition) is 6. The van der Waals surface area contributed by atoms with E-state index in [2.05, 4.69) is 4.98 Å². The molecule has 1 aromatic heterocycles. The standard InChI is InChI=1S/C16H13N3O4/c1-10-15(7-14(9-18-10)19(21)22)16(20)23-11(2)13-5-3-4-12(6-13)8-17/h3-7,9,11H,1-2H3/t11-/m0/s1. The average molecular weight is 311 g/mol. The predicted octanol–water partition coefficient (Wildman–Crippen LogP) is 3.09. The highest BCUT2D eigenvalue weighted by Crippen LogP contribution is 2.22. The Labute approximate surface area is 132 Å². The molecule has 23 heavy (non-hydrogen) atoms. The number of nitro groups is 1. The van der Waals surface area contributed by atoms with Crippen LogP contribution in [0.2, 0.25) is 0 Å². The number of carbonyl (C=O) groups is 1. The maximum absolute atomic E-state index is 12.2. The Kier molecular flexibility index (Phi) is 4.66. The summed E-state index contributed by atoms with van der Waals surface area (Å²) < 4.78 is 5.33. The maximum atomic E-state index is 12.2. The summed E-state index contributed by atoms with van der Waals surface area (Å²) in [5.41, 5.74) is 1.23. The summed E-state index contributed by atoms with van der Waals surface area (Å²) in [4.78, 5) is 26.2. The van der Waals surface area contributed by atoms with Gasteiger partial charge in [-0.05, 0) is 31.5 Å². The number of hydrogen-bond donors (Lipinski definition) is 0. The summed E-state index contributed by atoms with van der Waals surface area (Å²) in [6, 6.07) is 9.85. The molecule has 0 saturated carbocycles. The molecule has 0 fully saturated rings. The molecule has 0 aliphatic heterocycles. The largest absolute Gasteiger partial charge is 0.454 e. The zero-order chi connectivity index (χ0) is 17.0. The van der Waals surface area contributed by atoms with Crippen molar-refractivity contribution in [1.29, 1.82) is 5.26 Å². The van der Waals surface area contributed by atoms with E-state index in [9.17, 15) is 14.9 Å². The molecule has 0 amide bonds. The molecule has 0 bridgehead atoms. The van der Waals surface area contributed by atoms with E-state index < -0.39 is 17.0 Å². The predicted molar refractivity (Wildman–Crippen MR) is 80.6 cm³/mol. The second kappa shape index (κ2) is 6.66. The molecule has 0 aliphatic rings. The van der Waals surface area contributed by atoms with Gasteiger partial charge in [0.25, 0.3) is 5.69 Å². The molecule has 116 valence electrons. The molecule has 7 heteroatoms. The summed E-state index contributed by atoms with van der Waals surface area (Å²) in [5.74, 6) is -0.700. The summed E-state index contributed by atoms with van der Waals surface area (Å²) in [5, 5.41) is 19.7. The second-order valence-corrected chi connectivity index (χ2v) is 4.87. The van der Waals surface area contributed by atoms with Crippen LogP contribution in [-0.4, -0.2) is 15.9 Å². The van der Waals surface area contributed by atoms with E-state index in [4.69, 9.17) is 10.00 Å². The fourth-order valence-corrected chi connectivity index (χ4v) is 1.98. The molecule has 2 aromatic rings. The van der Waals surface area contributed by atoms with Crippen LogP contribution in [-0.2, 0) is 4.74 Å². The molecule has 0 N–H and O–H groups in total. The van der Waals surface area contributed by atoms with Crippen LogP contribution in [0, 0.1) is 28.4 Å².